The largest absolute Gasteiger partial charge is 0.323 e. The minimum atomic E-state index is -0.275. The second-order valence-electron chi connectivity index (χ2n) is 5.97. The zero-order valence-electron chi connectivity index (χ0n) is 10.5. The Morgan fingerprint density at radius 3 is 2.76 bits per heavy atom. The maximum absolute atomic E-state index is 12.0. The zero-order chi connectivity index (χ0) is 12.0. The Labute approximate surface area is 102 Å². The summed E-state index contributed by atoms with van der Waals surface area (Å²) in [6.07, 6.45) is 7.72. The minimum Gasteiger partial charge on any atom is -0.309 e. The van der Waals surface area contributed by atoms with Crippen LogP contribution < -0.4 is 5.32 Å². The molecule has 3 aliphatic rings. The van der Waals surface area contributed by atoms with Crippen molar-refractivity contribution >= 4 is 11.9 Å². The van der Waals surface area contributed by atoms with E-state index in [1.165, 1.54) is 6.42 Å². The summed E-state index contributed by atoms with van der Waals surface area (Å²) in [5.41, 5.74) is -0.275. The molecule has 2 unspecified atom stereocenters. The van der Waals surface area contributed by atoms with Crippen molar-refractivity contribution in [1.29, 1.82) is 5.41 Å². The summed E-state index contributed by atoms with van der Waals surface area (Å²) in [6.45, 7) is 2.29. The smallest absolute Gasteiger partial charge is 0.309 e. The lowest BCUT2D eigenvalue weighted by Gasteiger charge is -2.36. The second-order valence-corrected chi connectivity index (χ2v) is 5.97. The van der Waals surface area contributed by atoms with Crippen molar-refractivity contribution in [2.24, 2.45) is 5.92 Å². The summed E-state index contributed by atoms with van der Waals surface area (Å²) >= 11 is 0. The molecule has 0 aromatic rings. The van der Waals surface area contributed by atoms with Crippen molar-refractivity contribution in [1.82, 2.24) is 10.2 Å². The lowest BCUT2D eigenvalue weighted by molar-refractivity contribution is 0.156. The van der Waals surface area contributed by atoms with E-state index < -0.39 is 0 Å². The molecule has 4 nitrogen and oxygen atoms in total. The molecule has 17 heavy (non-hydrogen) atoms. The normalized spacial score (nSPS) is 38.4. The van der Waals surface area contributed by atoms with Gasteiger partial charge in [-0.15, -0.1) is 0 Å². The molecule has 1 spiro atoms. The van der Waals surface area contributed by atoms with Gasteiger partial charge >= 0.3 is 6.03 Å². The minimum absolute atomic E-state index is 0.0212. The maximum atomic E-state index is 12.0. The van der Waals surface area contributed by atoms with Gasteiger partial charge < -0.3 is 4.90 Å². The lowest BCUT2D eigenvalue weighted by atomic mass is 9.87. The van der Waals surface area contributed by atoms with E-state index in [0.29, 0.717) is 11.9 Å². The molecule has 2 saturated carbocycles. The Morgan fingerprint density at radius 2 is 2.06 bits per heavy atom. The highest BCUT2D eigenvalue weighted by molar-refractivity contribution is 6.08. The van der Waals surface area contributed by atoms with Gasteiger partial charge in [-0.3, -0.25) is 10.7 Å². The summed E-state index contributed by atoms with van der Waals surface area (Å²) in [6, 6.07) is 0.387. The topological polar surface area (TPSA) is 56.2 Å². The molecule has 1 heterocycles. The van der Waals surface area contributed by atoms with Crippen LogP contribution in [-0.4, -0.2) is 28.3 Å². The highest BCUT2D eigenvalue weighted by Gasteiger charge is 2.54. The van der Waals surface area contributed by atoms with Crippen LogP contribution in [-0.2, 0) is 0 Å². The van der Waals surface area contributed by atoms with Crippen LogP contribution in [0, 0.1) is 11.3 Å². The molecule has 2 amide bonds. The number of amides is 2. The third-order valence-corrected chi connectivity index (χ3v) is 4.63. The first kappa shape index (κ1) is 11.1. The fraction of sp³-hybridized carbons (Fsp3) is 0.846. The van der Waals surface area contributed by atoms with Crippen LogP contribution in [0.3, 0.4) is 0 Å². The number of carbonyl (C=O) groups excluding carboxylic acids is 1. The van der Waals surface area contributed by atoms with Crippen LogP contribution in [0.4, 0.5) is 4.79 Å². The molecular weight excluding hydrogens is 214 g/mol. The molecule has 0 bridgehead atoms. The number of carbonyl (C=O) groups is 1. The standard InChI is InChI=1S/C13H21N3O/c1-9-3-2-7-13(8-6-9)11(14)15-12(17)16(13)10-4-5-10/h9-10H,2-8H2,1H3,(H2,14,15,17). The molecular formula is C13H21N3O. The van der Waals surface area contributed by atoms with Crippen molar-refractivity contribution in [2.75, 3.05) is 0 Å². The van der Waals surface area contributed by atoms with Crippen LogP contribution >= 0.6 is 0 Å². The molecule has 1 aliphatic heterocycles. The molecule has 2 aliphatic carbocycles. The number of rotatable bonds is 1. The number of nitrogens with zero attached hydrogens (tertiary/aromatic N) is 1. The average Bonchev–Trinajstić information content (AvgIpc) is 3.06. The van der Waals surface area contributed by atoms with Crippen molar-refractivity contribution in [2.45, 2.75) is 63.5 Å². The predicted molar refractivity (Wildman–Crippen MR) is 66.1 cm³/mol. The Balaban J connectivity index is 1.91. The molecule has 0 aromatic heterocycles. The van der Waals surface area contributed by atoms with E-state index in [2.05, 4.69) is 12.2 Å². The molecule has 2 atom stereocenters. The molecule has 0 aromatic carbocycles. The fourth-order valence-corrected chi connectivity index (χ4v) is 3.43. The summed E-state index contributed by atoms with van der Waals surface area (Å²) in [7, 11) is 0. The van der Waals surface area contributed by atoms with Crippen molar-refractivity contribution in [3.8, 4) is 0 Å². The van der Waals surface area contributed by atoms with E-state index in [1.54, 1.807) is 0 Å². The van der Waals surface area contributed by atoms with Crippen LogP contribution in [0.25, 0.3) is 0 Å². The first-order chi connectivity index (χ1) is 8.13. The number of amidine groups is 1. The van der Waals surface area contributed by atoms with Crippen molar-refractivity contribution in [3.63, 3.8) is 0 Å². The SMILES string of the molecule is CC1CCCC2(CC1)C(=N)NC(=O)N2C1CC1. The molecule has 1 saturated heterocycles. The Morgan fingerprint density at radius 1 is 1.29 bits per heavy atom. The second kappa shape index (κ2) is 3.72. The quantitative estimate of drug-likeness (QED) is 0.720. The zero-order valence-corrected chi connectivity index (χ0v) is 10.5. The van der Waals surface area contributed by atoms with Gasteiger partial charge in [0.15, 0.2) is 0 Å². The van der Waals surface area contributed by atoms with Crippen LogP contribution in [0.1, 0.15) is 51.9 Å². The molecule has 0 radical (unpaired) electrons. The first-order valence-electron chi connectivity index (χ1n) is 6.83. The fourth-order valence-electron chi connectivity index (χ4n) is 3.43. The van der Waals surface area contributed by atoms with E-state index >= 15 is 0 Å². The Kier molecular flexibility index (Phi) is 2.42. The average molecular weight is 235 g/mol. The van der Waals surface area contributed by atoms with Gasteiger partial charge in [-0.25, -0.2) is 4.79 Å². The van der Waals surface area contributed by atoms with Crippen molar-refractivity contribution < 1.29 is 4.79 Å². The van der Waals surface area contributed by atoms with Gasteiger partial charge in [-0.05, 0) is 38.0 Å². The third kappa shape index (κ3) is 1.65. The molecule has 4 heteroatoms. The van der Waals surface area contributed by atoms with Gasteiger partial charge in [0.1, 0.15) is 11.4 Å². The van der Waals surface area contributed by atoms with E-state index in [-0.39, 0.29) is 11.6 Å². The molecule has 94 valence electrons. The third-order valence-electron chi connectivity index (χ3n) is 4.63. The lowest BCUT2D eigenvalue weighted by Crippen LogP contribution is -2.50. The monoisotopic (exact) mass is 235 g/mol. The first-order valence-corrected chi connectivity index (χ1v) is 6.83. The highest BCUT2D eigenvalue weighted by Crippen LogP contribution is 2.43. The van der Waals surface area contributed by atoms with E-state index in [9.17, 15) is 4.79 Å². The van der Waals surface area contributed by atoms with Gasteiger partial charge in [-0.2, -0.15) is 0 Å². The summed E-state index contributed by atoms with van der Waals surface area (Å²) < 4.78 is 0. The van der Waals surface area contributed by atoms with Gasteiger partial charge in [0.05, 0.1) is 0 Å². The van der Waals surface area contributed by atoms with Crippen LogP contribution in [0.5, 0.6) is 0 Å². The molecule has 3 rings (SSSR count). The number of urea groups is 1. The van der Waals surface area contributed by atoms with E-state index in [4.69, 9.17) is 5.41 Å². The molecule has 2 N–H and O–H groups in total. The van der Waals surface area contributed by atoms with Gasteiger partial charge in [0.25, 0.3) is 0 Å². The summed E-state index contributed by atoms with van der Waals surface area (Å²) in [5, 5.41) is 10.9. The van der Waals surface area contributed by atoms with Gasteiger partial charge in [-0.1, -0.05) is 19.8 Å². The number of nitrogens with one attached hydrogen (secondary N) is 2. The predicted octanol–water partition coefficient (Wildman–Crippen LogP) is 2.49. The Hall–Kier alpha value is -1.06. The maximum Gasteiger partial charge on any atom is 0.323 e. The number of hydrogen-bond donors (Lipinski definition) is 2. The summed E-state index contributed by atoms with van der Waals surface area (Å²) in [5.74, 6) is 1.20. The van der Waals surface area contributed by atoms with E-state index in [1.807, 2.05) is 4.90 Å². The highest BCUT2D eigenvalue weighted by atomic mass is 16.2. The van der Waals surface area contributed by atoms with Gasteiger partial charge in [0, 0.05) is 6.04 Å². The number of hydrogen-bond acceptors (Lipinski definition) is 2. The Bertz CT molecular complexity index is 364. The van der Waals surface area contributed by atoms with Gasteiger partial charge in [0.2, 0.25) is 0 Å². The van der Waals surface area contributed by atoms with Crippen LogP contribution in [0.15, 0.2) is 0 Å². The van der Waals surface area contributed by atoms with Crippen LogP contribution in [0.2, 0.25) is 0 Å². The summed E-state index contributed by atoms with van der Waals surface area (Å²) in [4.78, 5) is 14.0. The van der Waals surface area contributed by atoms with E-state index in [0.717, 1.165) is 44.4 Å². The van der Waals surface area contributed by atoms with Crippen molar-refractivity contribution in [3.05, 3.63) is 0 Å². The molecule has 3 fully saturated rings.